The van der Waals surface area contributed by atoms with Gasteiger partial charge in [-0.1, -0.05) is 31.4 Å². The van der Waals surface area contributed by atoms with Crippen LogP contribution in [0.25, 0.3) is 0 Å². The molecule has 0 rings (SSSR count). The highest BCUT2D eigenvalue weighted by Gasteiger charge is 1.67. The minimum Gasteiger partial charge on any atom is -0.0991 e. The molecule has 0 spiro atoms. The smallest absolute Gasteiger partial charge is 0.0209 e. The predicted molar refractivity (Wildman–Crippen MR) is 38.6 cm³/mol. The van der Waals surface area contributed by atoms with Crippen LogP contribution in [0.3, 0.4) is 0 Å². The van der Waals surface area contributed by atoms with Crippen molar-refractivity contribution >= 4 is 9.52 Å². The van der Waals surface area contributed by atoms with Crippen LogP contribution in [0.4, 0.5) is 0 Å². The van der Waals surface area contributed by atoms with Gasteiger partial charge in [0.25, 0.3) is 0 Å². The first kappa shape index (κ1) is 6.70. The van der Waals surface area contributed by atoms with Gasteiger partial charge in [0.05, 0.1) is 0 Å². The highest BCUT2D eigenvalue weighted by molar-refractivity contribution is 6.34. The zero-order valence-electron chi connectivity index (χ0n) is 4.85. The van der Waals surface area contributed by atoms with E-state index >= 15 is 0 Å². The number of allylic oxidation sites excluding steroid dienone is 3. The van der Waals surface area contributed by atoms with Gasteiger partial charge in [0.1, 0.15) is 0 Å². The topological polar surface area (TPSA) is 0 Å². The quantitative estimate of drug-likeness (QED) is 0.382. The predicted octanol–water partition coefficient (Wildman–Crippen LogP) is 1.36. The molecule has 0 aliphatic heterocycles. The Morgan fingerprint density at radius 1 is 1.71 bits per heavy atom. The van der Waals surface area contributed by atoms with Gasteiger partial charge in [-0.15, -0.1) is 0 Å². The van der Waals surface area contributed by atoms with E-state index in [1.165, 1.54) is 6.04 Å². The summed E-state index contributed by atoms with van der Waals surface area (Å²) in [5.41, 5.74) is 0. The molecule has 7 heavy (non-hydrogen) atoms. The molecule has 0 aromatic carbocycles. The van der Waals surface area contributed by atoms with Crippen LogP contribution in [0.2, 0.25) is 12.6 Å². The zero-order valence-corrected chi connectivity index (χ0v) is 6.27. The zero-order chi connectivity index (χ0) is 5.54. The third-order valence-corrected chi connectivity index (χ3v) is 1.64. The van der Waals surface area contributed by atoms with Gasteiger partial charge < -0.3 is 0 Å². The molecule has 0 bridgehead atoms. The lowest BCUT2D eigenvalue weighted by molar-refractivity contribution is 1.67. The van der Waals surface area contributed by atoms with E-state index in [9.17, 15) is 0 Å². The Balaban J connectivity index is 2.92. The van der Waals surface area contributed by atoms with Gasteiger partial charge in [-0.25, -0.2) is 0 Å². The third-order valence-electron chi connectivity index (χ3n) is 0.728. The van der Waals surface area contributed by atoms with Crippen molar-refractivity contribution in [1.82, 2.24) is 0 Å². The molecular weight excluding hydrogens is 100 g/mol. The molecule has 0 radical (unpaired) electrons. The van der Waals surface area contributed by atoms with Crippen molar-refractivity contribution in [2.45, 2.75) is 12.6 Å². The van der Waals surface area contributed by atoms with Gasteiger partial charge in [-0.2, -0.15) is 0 Å². The van der Waals surface area contributed by atoms with Crippen molar-refractivity contribution in [1.29, 1.82) is 0 Å². The van der Waals surface area contributed by atoms with E-state index in [-0.39, 0.29) is 9.52 Å². The molecule has 0 aliphatic carbocycles. The molecule has 40 valence electrons. The standard InChI is InChI=1S/C6H12Si/c1-3-4-5-6-7-2/h3-5H,1,6-7H2,2H3. The van der Waals surface area contributed by atoms with Crippen LogP contribution in [0, 0.1) is 0 Å². The molecular formula is C6H12Si. The van der Waals surface area contributed by atoms with Crippen molar-refractivity contribution in [2.24, 2.45) is 0 Å². The lowest BCUT2D eigenvalue weighted by Gasteiger charge is -1.76. The van der Waals surface area contributed by atoms with Crippen LogP contribution in [-0.4, -0.2) is 9.52 Å². The Labute approximate surface area is 47.8 Å². The summed E-state index contributed by atoms with van der Waals surface area (Å²) in [4.78, 5) is 0. The maximum Gasteiger partial charge on any atom is 0.0209 e. The first-order valence-corrected chi connectivity index (χ1v) is 5.10. The van der Waals surface area contributed by atoms with Gasteiger partial charge in [-0.3, -0.25) is 0 Å². The fraction of sp³-hybridized carbons (Fsp3) is 0.333. The minimum absolute atomic E-state index is 0.259. The summed E-state index contributed by atoms with van der Waals surface area (Å²) in [6, 6.07) is 1.31. The molecule has 0 N–H and O–H groups in total. The largest absolute Gasteiger partial charge is 0.0991 e. The average Bonchev–Trinajstić information content (AvgIpc) is 1.69. The second-order valence-electron chi connectivity index (χ2n) is 1.45. The molecule has 0 heterocycles. The molecule has 0 aromatic rings. The lowest BCUT2D eigenvalue weighted by Crippen LogP contribution is -1.71. The van der Waals surface area contributed by atoms with Crippen LogP contribution >= 0.6 is 0 Å². The first-order valence-electron chi connectivity index (χ1n) is 2.69. The molecule has 1 heteroatoms. The number of hydrogen-bond donors (Lipinski definition) is 0. The Kier molecular flexibility index (Phi) is 5.45. The van der Waals surface area contributed by atoms with Gasteiger partial charge in [-0.05, 0) is 6.04 Å². The average molecular weight is 112 g/mol. The van der Waals surface area contributed by atoms with E-state index in [2.05, 4.69) is 19.2 Å². The third kappa shape index (κ3) is 5.70. The van der Waals surface area contributed by atoms with E-state index in [0.717, 1.165) is 0 Å². The van der Waals surface area contributed by atoms with E-state index in [1.807, 2.05) is 12.2 Å². The summed E-state index contributed by atoms with van der Waals surface area (Å²) < 4.78 is 0. The highest BCUT2D eigenvalue weighted by Crippen LogP contribution is 1.80. The van der Waals surface area contributed by atoms with Crippen LogP contribution in [0.15, 0.2) is 24.8 Å². The minimum atomic E-state index is 0.259. The summed E-state index contributed by atoms with van der Waals surface area (Å²) in [5, 5.41) is 0. The Morgan fingerprint density at radius 3 is 2.86 bits per heavy atom. The van der Waals surface area contributed by atoms with Gasteiger partial charge >= 0.3 is 0 Å². The molecule has 0 nitrogen and oxygen atoms in total. The second-order valence-corrected chi connectivity index (χ2v) is 3.03. The summed E-state index contributed by atoms with van der Waals surface area (Å²) in [6.45, 7) is 5.86. The van der Waals surface area contributed by atoms with Gasteiger partial charge in [0.15, 0.2) is 0 Å². The Bertz CT molecular complexity index is 64.6. The molecule has 0 aliphatic rings. The summed E-state index contributed by atoms with van der Waals surface area (Å²) in [7, 11) is 0.259. The monoisotopic (exact) mass is 112 g/mol. The maximum atomic E-state index is 3.56. The van der Waals surface area contributed by atoms with Crippen LogP contribution in [0.1, 0.15) is 0 Å². The molecule has 0 saturated heterocycles. The molecule has 0 aromatic heterocycles. The van der Waals surface area contributed by atoms with Crippen LogP contribution in [0.5, 0.6) is 0 Å². The van der Waals surface area contributed by atoms with Crippen LogP contribution in [-0.2, 0) is 0 Å². The van der Waals surface area contributed by atoms with Crippen molar-refractivity contribution < 1.29 is 0 Å². The van der Waals surface area contributed by atoms with E-state index in [0.29, 0.717) is 0 Å². The molecule has 0 saturated carbocycles. The van der Waals surface area contributed by atoms with Crippen LogP contribution < -0.4 is 0 Å². The van der Waals surface area contributed by atoms with Crippen molar-refractivity contribution in [3.05, 3.63) is 24.8 Å². The Hall–Kier alpha value is -0.303. The summed E-state index contributed by atoms with van der Waals surface area (Å²) in [6.07, 6.45) is 6.01. The van der Waals surface area contributed by atoms with Crippen molar-refractivity contribution in [3.63, 3.8) is 0 Å². The number of hydrogen-bond acceptors (Lipinski definition) is 0. The summed E-state index contributed by atoms with van der Waals surface area (Å²) >= 11 is 0. The van der Waals surface area contributed by atoms with Gasteiger partial charge in [0, 0.05) is 9.52 Å². The van der Waals surface area contributed by atoms with Crippen molar-refractivity contribution in [2.75, 3.05) is 0 Å². The van der Waals surface area contributed by atoms with Gasteiger partial charge in [0.2, 0.25) is 0 Å². The second kappa shape index (κ2) is 5.70. The van der Waals surface area contributed by atoms with E-state index in [1.54, 1.807) is 0 Å². The fourth-order valence-corrected chi connectivity index (χ4v) is 0.885. The molecule has 0 fully saturated rings. The normalized spacial score (nSPS) is 11.6. The van der Waals surface area contributed by atoms with E-state index in [4.69, 9.17) is 0 Å². The SMILES string of the molecule is C=CC=CC[SiH2]C. The number of rotatable bonds is 3. The highest BCUT2D eigenvalue weighted by atomic mass is 28.2. The van der Waals surface area contributed by atoms with Crippen molar-refractivity contribution in [3.8, 4) is 0 Å². The first-order chi connectivity index (χ1) is 3.41. The molecule has 0 unspecified atom stereocenters. The fourth-order valence-electron chi connectivity index (χ4n) is 0.359. The molecule has 0 atom stereocenters. The summed E-state index contributed by atoms with van der Waals surface area (Å²) in [5.74, 6) is 0. The maximum absolute atomic E-state index is 3.56. The van der Waals surface area contributed by atoms with E-state index < -0.39 is 0 Å². The molecule has 0 amide bonds. The lowest BCUT2D eigenvalue weighted by atomic mass is 10.5. The Morgan fingerprint density at radius 2 is 2.43 bits per heavy atom.